The molecule has 162 valence electrons. The summed E-state index contributed by atoms with van der Waals surface area (Å²) in [6, 6.07) is 12.8. The monoisotopic (exact) mass is 450 g/mol. The molecule has 1 aliphatic rings. The Kier molecular flexibility index (Phi) is 7.26. The van der Waals surface area contributed by atoms with E-state index in [0.29, 0.717) is 42.1 Å². The minimum Gasteiger partial charge on any atom is -0.492 e. The van der Waals surface area contributed by atoms with E-state index >= 15 is 0 Å². The van der Waals surface area contributed by atoms with E-state index in [-0.39, 0.29) is 17.3 Å². The molecule has 1 saturated heterocycles. The quantitative estimate of drug-likeness (QED) is 0.634. The summed E-state index contributed by atoms with van der Waals surface area (Å²) in [4.78, 5) is 14.9. The minimum absolute atomic E-state index is 0.0678. The van der Waals surface area contributed by atoms with Gasteiger partial charge in [-0.05, 0) is 62.1 Å². The Morgan fingerprint density at radius 3 is 2.40 bits per heavy atom. The molecule has 2 aromatic rings. The zero-order valence-corrected chi connectivity index (χ0v) is 18.8. The van der Waals surface area contributed by atoms with E-state index in [4.69, 9.17) is 16.3 Å². The van der Waals surface area contributed by atoms with Gasteiger partial charge in [-0.1, -0.05) is 30.7 Å². The molecule has 3 rings (SSSR count). The van der Waals surface area contributed by atoms with Gasteiger partial charge in [0.05, 0.1) is 17.2 Å². The second-order valence-electron chi connectivity index (χ2n) is 7.43. The number of carbonyl (C=O) groups is 1. The lowest BCUT2D eigenvalue weighted by molar-refractivity contribution is -0.130. The van der Waals surface area contributed by atoms with Gasteiger partial charge in [-0.2, -0.15) is 0 Å². The highest BCUT2D eigenvalue weighted by Crippen LogP contribution is 2.33. The van der Waals surface area contributed by atoms with Crippen LogP contribution in [0.15, 0.2) is 53.4 Å². The van der Waals surface area contributed by atoms with Gasteiger partial charge in [0.1, 0.15) is 12.3 Å². The van der Waals surface area contributed by atoms with Crippen LogP contribution in [0.5, 0.6) is 5.75 Å². The predicted octanol–water partition coefficient (Wildman–Crippen LogP) is 4.19. The van der Waals surface area contributed by atoms with Gasteiger partial charge in [0.25, 0.3) is 10.0 Å². The summed E-state index contributed by atoms with van der Waals surface area (Å²) in [5.74, 6) is 0.768. The molecule has 1 heterocycles. The summed E-state index contributed by atoms with van der Waals surface area (Å²) < 4.78 is 33.9. The van der Waals surface area contributed by atoms with Gasteiger partial charge in [0.15, 0.2) is 0 Å². The van der Waals surface area contributed by atoms with Crippen molar-refractivity contribution in [1.29, 1.82) is 0 Å². The number of amides is 1. The van der Waals surface area contributed by atoms with Crippen molar-refractivity contribution in [3.8, 4) is 5.75 Å². The maximum Gasteiger partial charge on any atom is 0.264 e. The molecule has 0 aliphatic carbocycles. The smallest absolute Gasteiger partial charge is 0.264 e. The summed E-state index contributed by atoms with van der Waals surface area (Å²) in [7, 11) is -4.01. The molecule has 0 spiro atoms. The second kappa shape index (κ2) is 9.71. The molecule has 0 aromatic heterocycles. The van der Waals surface area contributed by atoms with Gasteiger partial charge < -0.3 is 9.64 Å². The minimum atomic E-state index is -4.01. The van der Waals surface area contributed by atoms with E-state index in [9.17, 15) is 13.2 Å². The van der Waals surface area contributed by atoms with Gasteiger partial charge in [0.2, 0.25) is 5.91 Å². The molecule has 6 nitrogen and oxygen atoms in total. The first-order valence-electron chi connectivity index (χ1n) is 10.1. The lowest BCUT2D eigenvalue weighted by atomic mass is 9.99. The maximum absolute atomic E-state index is 13.5. The van der Waals surface area contributed by atoms with Crippen molar-refractivity contribution in [2.45, 2.75) is 31.6 Å². The zero-order chi connectivity index (χ0) is 21.7. The summed E-state index contributed by atoms with van der Waals surface area (Å²) in [6.07, 6.45) is 1.84. The van der Waals surface area contributed by atoms with E-state index in [0.717, 1.165) is 17.1 Å². The van der Waals surface area contributed by atoms with Crippen LogP contribution in [0.1, 0.15) is 26.7 Å². The third-order valence-electron chi connectivity index (χ3n) is 5.25. The Morgan fingerprint density at radius 1 is 1.13 bits per heavy atom. The van der Waals surface area contributed by atoms with Crippen LogP contribution in [0, 0.1) is 5.92 Å². The van der Waals surface area contributed by atoms with Crippen molar-refractivity contribution in [1.82, 2.24) is 4.90 Å². The number of carbonyl (C=O) groups excluding carboxylic acids is 1. The first-order valence-corrected chi connectivity index (χ1v) is 11.9. The van der Waals surface area contributed by atoms with Crippen LogP contribution in [-0.4, -0.2) is 45.5 Å². The van der Waals surface area contributed by atoms with E-state index < -0.39 is 10.0 Å². The number of hydrogen-bond donors (Lipinski definition) is 0. The highest BCUT2D eigenvalue weighted by Gasteiger charge is 2.31. The van der Waals surface area contributed by atoms with Crippen LogP contribution in [0.3, 0.4) is 0 Å². The molecular weight excluding hydrogens is 424 g/mol. The molecule has 1 fully saturated rings. The number of piperidine rings is 1. The molecule has 0 atom stereocenters. The fourth-order valence-corrected chi connectivity index (χ4v) is 5.01. The highest BCUT2D eigenvalue weighted by atomic mass is 35.5. The van der Waals surface area contributed by atoms with Crippen molar-refractivity contribution in [2.24, 2.45) is 5.92 Å². The number of ether oxygens (including phenoxy) is 1. The molecule has 0 radical (unpaired) electrons. The molecule has 2 aromatic carbocycles. The molecule has 1 amide bonds. The summed E-state index contributed by atoms with van der Waals surface area (Å²) >= 11 is 5.93. The Bertz CT molecular complexity index is 971. The number of nitrogens with zero attached hydrogens (tertiary/aromatic N) is 2. The first kappa shape index (κ1) is 22.4. The molecule has 0 unspecified atom stereocenters. The van der Waals surface area contributed by atoms with Crippen molar-refractivity contribution in [2.75, 3.05) is 30.5 Å². The van der Waals surface area contributed by atoms with Crippen molar-refractivity contribution >= 4 is 33.2 Å². The fraction of sp³-hybridized carbons (Fsp3) is 0.409. The second-order valence-corrected chi connectivity index (χ2v) is 9.73. The van der Waals surface area contributed by atoms with E-state index in [1.807, 2.05) is 6.92 Å². The topological polar surface area (TPSA) is 66.9 Å². The van der Waals surface area contributed by atoms with Gasteiger partial charge in [-0.15, -0.1) is 0 Å². The van der Waals surface area contributed by atoms with Gasteiger partial charge in [-0.25, -0.2) is 8.42 Å². The van der Waals surface area contributed by atoms with Gasteiger partial charge in [-0.3, -0.25) is 9.10 Å². The van der Waals surface area contributed by atoms with Crippen LogP contribution in [0.4, 0.5) is 5.69 Å². The Balaban J connectivity index is 1.99. The van der Waals surface area contributed by atoms with Crippen LogP contribution in [0.25, 0.3) is 0 Å². The Hall–Kier alpha value is -2.25. The largest absolute Gasteiger partial charge is 0.492 e. The number of hydrogen-bond acceptors (Lipinski definition) is 4. The van der Waals surface area contributed by atoms with Crippen LogP contribution < -0.4 is 9.04 Å². The zero-order valence-electron chi connectivity index (χ0n) is 17.3. The average Bonchev–Trinajstić information content (AvgIpc) is 2.73. The number of anilines is 1. The third-order valence-corrected chi connectivity index (χ3v) is 7.28. The Morgan fingerprint density at radius 2 is 1.77 bits per heavy atom. The number of sulfonamides is 1. The molecule has 0 bridgehead atoms. The number of halogens is 1. The molecule has 30 heavy (non-hydrogen) atoms. The normalized spacial score (nSPS) is 15.1. The lowest BCUT2D eigenvalue weighted by Gasteiger charge is -2.33. The fourth-order valence-electron chi connectivity index (χ4n) is 3.46. The standard InChI is InChI=1S/C22H27ClN2O4S/c1-3-29-21-7-5-4-6-20(21)25(16-22(26)24-14-12-17(2)13-15-24)30(27,28)19-10-8-18(23)9-11-19/h4-11,17H,3,12-16H2,1-2H3. The third kappa shape index (κ3) is 5.08. The van der Waals surface area contributed by atoms with E-state index in [1.165, 1.54) is 24.3 Å². The average molecular weight is 451 g/mol. The van der Waals surface area contributed by atoms with Crippen molar-refractivity contribution < 1.29 is 17.9 Å². The number of benzene rings is 2. The summed E-state index contributed by atoms with van der Waals surface area (Å²) in [6.45, 7) is 5.36. The highest BCUT2D eigenvalue weighted by molar-refractivity contribution is 7.92. The van der Waals surface area contributed by atoms with Gasteiger partial charge >= 0.3 is 0 Å². The van der Waals surface area contributed by atoms with Crippen LogP contribution in [0.2, 0.25) is 5.02 Å². The molecule has 1 aliphatic heterocycles. The molecule has 0 saturated carbocycles. The number of para-hydroxylation sites is 2. The van der Waals surface area contributed by atoms with Crippen molar-refractivity contribution in [3.05, 3.63) is 53.6 Å². The lowest BCUT2D eigenvalue weighted by Crippen LogP contribution is -2.45. The van der Waals surface area contributed by atoms with Gasteiger partial charge in [0, 0.05) is 18.1 Å². The molecule has 0 N–H and O–H groups in total. The predicted molar refractivity (Wildman–Crippen MR) is 119 cm³/mol. The first-order chi connectivity index (χ1) is 14.3. The van der Waals surface area contributed by atoms with Crippen LogP contribution in [-0.2, 0) is 14.8 Å². The number of likely N-dealkylation sites (tertiary alicyclic amines) is 1. The maximum atomic E-state index is 13.5. The van der Waals surface area contributed by atoms with E-state index in [2.05, 4.69) is 6.92 Å². The SMILES string of the molecule is CCOc1ccccc1N(CC(=O)N1CCC(C)CC1)S(=O)(=O)c1ccc(Cl)cc1. The summed E-state index contributed by atoms with van der Waals surface area (Å²) in [5, 5.41) is 0.439. The van der Waals surface area contributed by atoms with E-state index in [1.54, 1.807) is 29.2 Å². The van der Waals surface area contributed by atoms with Crippen LogP contribution >= 0.6 is 11.6 Å². The molecular formula is C22H27ClN2O4S. The van der Waals surface area contributed by atoms with Crippen molar-refractivity contribution in [3.63, 3.8) is 0 Å². The Labute approximate surface area is 183 Å². The number of rotatable bonds is 7. The molecule has 8 heteroatoms. The summed E-state index contributed by atoms with van der Waals surface area (Å²) in [5.41, 5.74) is 0.341.